The number of amides is 1. The monoisotopic (exact) mass is 402 g/mol. The van der Waals surface area contributed by atoms with Gasteiger partial charge in [0.15, 0.2) is 0 Å². The third-order valence-electron chi connectivity index (χ3n) is 5.16. The molecule has 1 aliphatic rings. The number of hydrogen-bond donors (Lipinski definition) is 1. The summed E-state index contributed by atoms with van der Waals surface area (Å²) in [5, 5.41) is 7.47. The maximum atomic E-state index is 12.3. The zero-order valence-electron chi connectivity index (χ0n) is 16.7. The van der Waals surface area contributed by atoms with E-state index in [0.29, 0.717) is 25.1 Å². The van der Waals surface area contributed by atoms with Crippen molar-refractivity contribution < 1.29 is 9.53 Å². The smallest absolute Gasteiger partial charge is 0.228 e. The molecule has 0 spiro atoms. The summed E-state index contributed by atoms with van der Waals surface area (Å²) in [7, 11) is 0. The van der Waals surface area contributed by atoms with Gasteiger partial charge in [-0.1, -0.05) is 18.2 Å². The number of likely N-dealkylation sites (tertiary alicyclic amines) is 1. The quantitative estimate of drug-likeness (QED) is 0.693. The van der Waals surface area contributed by atoms with Crippen LogP contribution in [0, 0.1) is 0 Å². The molecule has 152 valence electrons. The highest BCUT2D eigenvalue weighted by Gasteiger charge is 2.25. The summed E-state index contributed by atoms with van der Waals surface area (Å²) in [6.07, 6.45) is 6.34. The summed E-state index contributed by atoms with van der Waals surface area (Å²) >= 11 is 1.90. The second-order valence-corrected chi connectivity index (χ2v) is 8.10. The van der Waals surface area contributed by atoms with Crippen LogP contribution < -0.4 is 10.1 Å². The molecule has 1 amide bonds. The predicted molar refractivity (Wildman–Crippen MR) is 115 cm³/mol. The van der Waals surface area contributed by atoms with E-state index < -0.39 is 0 Å². The maximum Gasteiger partial charge on any atom is 0.228 e. The Morgan fingerprint density at radius 1 is 1.29 bits per heavy atom. The summed E-state index contributed by atoms with van der Waals surface area (Å²) in [6.45, 7) is 4.80. The Bertz CT molecular complexity index is 729. The van der Waals surface area contributed by atoms with Gasteiger partial charge in [0.25, 0.3) is 0 Å². The summed E-state index contributed by atoms with van der Waals surface area (Å²) < 4.78 is 7.58. The lowest BCUT2D eigenvalue weighted by molar-refractivity contribution is -0.116. The topological polar surface area (TPSA) is 59.4 Å². The number of thioether (sulfide) groups is 1. The van der Waals surface area contributed by atoms with Crippen LogP contribution in [0.15, 0.2) is 42.6 Å². The molecule has 2 aromatic rings. The van der Waals surface area contributed by atoms with Crippen molar-refractivity contribution in [3.8, 4) is 5.75 Å². The third kappa shape index (κ3) is 5.75. The van der Waals surface area contributed by atoms with Gasteiger partial charge in [0.1, 0.15) is 11.6 Å². The number of benzene rings is 1. The largest absolute Gasteiger partial charge is 0.493 e. The zero-order valence-corrected chi connectivity index (χ0v) is 17.5. The average Bonchev–Trinajstić information content (AvgIpc) is 3.17. The number of carbonyl (C=O) groups excluding carboxylic acids is 1. The Labute approximate surface area is 171 Å². The van der Waals surface area contributed by atoms with Gasteiger partial charge in [0.2, 0.25) is 5.91 Å². The fourth-order valence-corrected chi connectivity index (χ4v) is 4.30. The fourth-order valence-electron chi connectivity index (χ4n) is 3.61. The zero-order chi connectivity index (χ0) is 19.8. The van der Waals surface area contributed by atoms with E-state index >= 15 is 0 Å². The van der Waals surface area contributed by atoms with Crippen LogP contribution in [0.4, 0.5) is 5.82 Å². The first-order valence-electron chi connectivity index (χ1n) is 9.91. The second kappa shape index (κ2) is 10.5. The van der Waals surface area contributed by atoms with Crippen molar-refractivity contribution in [3.63, 3.8) is 0 Å². The molecule has 0 unspecified atom stereocenters. The van der Waals surface area contributed by atoms with Crippen LogP contribution in [-0.4, -0.2) is 58.3 Å². The molecular weight excluding hydrogens is 372 g/mol. The van der Waals surface area contributed by atoms with Gasteiger partial charge in [0, 0.05) is 31.0 Å². The van der Waals surface area contributed by atoms with Gasteiger partial charge in [-0.05, 0) is 38.2 Å². The van der Waals surface area contributed by atoms with Gasteiger partial charge in [-0.2, -0.15) is 16.9 Å². The van der Waals surface area contributed by atoms with Crippen molar-refractivity contribution in [2.75, 3.05) is 37.0 Å². The molecular formula is C21H30N4O2S. The summed E-state index contributed by atoms with van der Waals surface area (Å²) in [4.78, 5) is 14.9. The maximum absolute atomic E-state index is 12.3. The van der Waals surface area contributed by atoms with Crippen molar-refractivity contribution in [2.24, 2.45) is 0 Å². The first-order valence-corrected chi connectivity index (χ1v) is 11.3. The average molecular weight is 403 g/mol. The van der Waals surface area contributed by atoms with Gasteiger partial charge in [-0.15, -0.1) is 0 Å². The molecule has 3 rings (SSSR count). The van der Waals surface area contributed by atoms with Crippen molar-refractivity contribution in [2.45, 2.75) is 38.3 Å². The summed E-state index contributed by atoms with van der Waals surface area (Å²) in [6, 6.07) is 12.4. The minimum absolute atomic E-state index is 0.0521. The van der Waals surface area contributed by atoms with Gasteiger partial charge >= 0.3 is 0 Å². The number of nitrogens with zero attached hydrogens (tertiary/aromatic N) is 3. The first-order chi connectivity index (χ1) is 13.7. The Morgan fingerprint density at radius 2 is 2.04 bits per heavy atom. The van der Waals surface area contributed by atoms with Gasteiger partial charge in [0.05, 0.1) is 25.3 Å². The molecule has 1 saturated heterocycles. The molecule has 0 saturated carbocycles. The number of rotatable bonds is 9. The summed E-state index contributed by atoms with van der Waals surface area (Å²) in [5.41, 5.74) is 0. The lowest BCUT2D eigenvalue weighted by Crippen LogP contribution is -2.41. The summed E-state index contributed by atoms with van der Waals surface area (Å²) in [5.74, 6) is 2.67. The second-order valence-electron chi connectivity index (χ2n) is 7.19. The number of para-hydroxylation sites is 1. The number of ether oxygens (including phenoxy) is 1. The highest BCUT2D eigenvalue weighted by Crippen LogP contribution is 2.26. The van der Waals surface area contributed by atoms with Crippen molar-refractivity contribution in [1.29, 1.82) is 0 Å². The Kier molecular flexibility index (Phi) is 7.80. The van der Waals surface area contributed by atoms with E-state index in [1.165, 1.54) is 5.75 Å². The SMILES string of the molecule is CSC[C@H](C)N1CCC(n2nccc2NC(=O)CCOc2ccccc2)CC1. The molecule has 1 atom stereocenters. The van der Waals surface area contributed by atoms with E-state index in [0.717, 1.165) is 37.5 Å². The highest BCUT2D eigenvalue weighted by molar-refractivity contribution is 7.98. The highest BCUT2D eigenvalue weighted by atomic mass is 32.2. The Morgan fingerprint density at radius 3 is 2.75 bits per heavy atom. The number of nitrogens with one attached hydrogen (secondary N) is 1. The molecule has 7 heteroatoms. The third-order valence-corrected chi connectivity index (χ3v) is 5.97. The molecule has 1 aliphatic heterocycles. The molecule has 28 heavy (non-hydrogen) atoms. The van der Waals surface area contributed by atoms with Crippen LogP contribution in [0.25, 0.3) is 0 Å². The van der Waals surface area contributed by atoms with E-state index in [1.807, 2.05) is 52.8 Å². The molecule has 2 heterocycles. The molecule has 6 nitrogen and oxygen atoms in total. The molecule has 0 aliphatic carbocycles. The molecule has 1 N–H and O–H groups in total. The lowest BCUT2D eigenvalue weighted by Gasteiger charge is -2.36. The van der Waals surface area contributed by atoms with E-state index in [2.05, 4.69) is 28.5 Å². The van der Waals surface area contributed by atoms with Crippen LogP contribution in [-0.2, 0) is 4.79 Å². The predicted octanol–water partition coefficient (Wildman–Crippen LogP) is 3.68. The van der Waals surface area contributed by atoms with E-state index in [1.54, 1.807) is 6.20 Å². The number of anilines is 1. The van der Waals surface area contributed by atoms with Gasteiger partial charge in [-0.3, -0.25) is 9.69 Å². The molecule has 0 radical (unpaired) electrons. The van der Waals surface area contributed by atoms with Crippen LogP contribution in [0.2, 0.25) is 0 Å². The van der Waals surface area contributed by atoms with E-state index in [4.69, 9.17) is 4.74 Å². The first kappa shape index (κ1) is 20.7. The van der Waals surface area contributed by atoms with E-state index in [-0.39, 0.29) is 5.91 Å². The minimum atomic E-state index is -0.0521. The molecule has 1 aromatic carbocycles. The van der Waals surface area contributed by atoms with Crippen LogP contribution in [0.5, 0.6) is 5.75 Å². The number of piperidine rings is 1. The Balaban J connectivity index is 1.46. The number of carbonyl (C=O) groups is 1. The minimum Gasteiger partial charge on any atom is -0.493 e. The van der Waals surface area contributed by atoms with Crippen molar-refractivity contribution in [3.05, 3.63) is 42.6 Å². The Hall–Kier alpha value is -1.99. The van der Waals surface area contributed by atoms with Gasteiger partial charge in [-0.25, -0.2) is 4.68 Å². The van der Waals surface area contributed by atoms with Crippen LogP contribution in [0.3, 0.4) is 0 Å². The molecule has 1 aromatic heterocycles. The van der Waals surface area contributed by atoms with Gasteiger partial charge < -0.3 is 10.1 Å². The fraction of sp³-hybridized carbons (Fsp3) is 0.524. The molecule has 0 bridgehead atoms. The van der Waals surface area contributed by atoms with E-state index in [9.17, 15) is 4.79 Å². The normalized spacial score (nSPS) is 16.6. The van der Waals surface area contributed by atoms with Crippen molar-refractivity contribution >= 4 is 23.5 Å². The lowest BCUT2D eigenvalue weighted by atomic mass is 10.0. The van der Waals surface area contributed by atoms with Crippen LogP contribution in [0.1, 0.15) is 32.2 Å². The standard InChI is InChI=1S/C21H30N4O2S/c1-17(16-28-2)24-13-9-18(10-14-24)25-20(8-12-22-25)23-21(26)11-15-27-19-6-4-3-5-7-19/h3-8,12,17-18H,9-11,13-16H2,1-2H3,(H,23,26)/t17-/m0/s1. The molecule has 1 fully saturated rings. The van der Waals surface area contributed by atoms with Crippen molar-refractivity contribution in [1.82, 2.24) is 14.7 Å². The number of hydrogen-bond acceptors (Lipinski definition) is 5. The number of aromatic nitrogens is 2. The van der Waals surface area contributed by atoms with Crippen LogP contribution >= 0.6 is 11.8 Å².